The molecule has 0 aliphatic rings. The van der Waals surface area contributed by atoms with E-state index in [1.54, 1.807) is 30.3 Å². The molecule has 1 aromatic heterocycles. The van der Waals surface area contributed by atoms with Gasteiger partial charge < -0.3 is 10.5 Å². The van der Waals surface area contributed by atoms with E-state index in [1.165, 1.54) is 6.21 Å². The van der Waals surface area contributed by atoms with Crippen LogP contribution in [0.5, 0.6) is 5.75 Å². The third kappa shape index (κ3) is 5.43. The van der Waals surface area contributed by atoms with E-state index in [0.717, 1.165) is 16.9 Å². The molecule has 3 aromatic rings. The summed E-state index contributed by atoms with van der Waals surface area (Å²) >= 11 is 19.5. The Bertz CT molecular complexity index is 1100. The number of rotatable bonds is 7. The Morgan fingerprint density at radius 3 is 2.80 bits per heavy atom. The second-order valence-corrected chi connectivity index (χ2v) is 8.29. The lowest BCUT2D eigenvalue weighted by Gasteiger charge is -2.11. The standard InChI is InChI=1S/C20H17Cl3N4O2S/c1-2-16-18(30-20(24)26-16)19(28)27-25-9-11-4-3-5-12(8-11)29-10-13-14(21)6-7-15(22)17(13)23/h3-9H,2,10H2,1H3,(H2,24,26)(H,27,28). The largest absolute Gasteiger partial charge is 0.489 e. The van der Waals surface area contributed by atoms with Gasteiger partial charge in [-0.2, -0.15) is 5.10 Å². The number of carbonyl (C=O) groups is 1. The Labute approximate surface area is 192 Å². The van der Waals surface area contributed by atoms with Crippen molar-refractivity contribution in [3.05, 3.63) is 73.2 Å². The molecule has 0 aliphatic heterocycles. The number of nitrogens with zero attached hydrogens (tertiary/aromatic N) is 2. The predicted molar refractivity (Wildman–Crippen MR) is 123 cm³/mol. The quantitative estimate of drug-likeness (QED) is 0.260. The number of ether oxygens (including phenoxy) is 1. The fourth-order valence-corrected chi connectivity index (χ4v) is 4.01. The van der Waals surface area contributed by atoms with Gasteiger partial charge in [0.1, 0.15) is 17.2 Å². The lowest BCUT2D eigenvalue weighted by molar-refractivity contribution is 0.0958. The Morgan fingerprint density at radius 2 is 2.03 bits per heavy atom. The van der Waals surface area contributed by atoms with Gasteiger partial charge in [0, 0.05) is 10.6 Å². The predicted octanol–water partition coefficient (Wildman–Crippen LogP) is 5.59. The number of nitrogen functional groups attached to an aromatic ring is 1. The van der Waals surface area contributed by atoms with Crippen molar-refractivity contribution in [2.75, 3.05) is 5.73 Å². The van der Waals surface area contributed by atoms with Crippen LogP contribution in [0.4, 0.5) is 5.13 Å². The summed E-state index contributed by atoms with van der Waals surface area (Å²) in [6.45, 7) is 2.06. The zero-order chi connectivity index (χ0) is 21.7. The molecule has 0 spiro atoms. The highest BCUT2D eigenvalue weighted by Gasteiger charge is 2.15. The van der Waals surface area contributed by atoms with E-state index in [2.05, 4.69) is 15.5 Å². The van der Waals surface area contributed by atoms with Gasteiger partial charge in [0.2, 0.25) is 0 Å². The maximum Gasteiger partial charge on any atom is 0.283 e. The lowest BCUT2D eigenvalue weighted by atomic mass is 10.2. The normalized spacial score (nSPS) is 11.1. The minimum atomic E-state index is -0.352. The van der Waals surface area contributed by atoms with Gasteiger partial charge in [-0.15, -0.1) is 0 Å². The van der Waals surface area contributed by atoms with Crippen LogP contribution in [0.15, 0.2) is 41.5 Å². The molecule has 0 radical (unpaired) electrons. The molecule has 2 aromatic carbocycles. The number of carbonyl (C=O) groups excluding carboxylic acids is 1. The van der Waals surface area contributed by atoms with Crippen LogP contribution in [0.1, 0.15) is 33.4 Å². The van der Waals surface area contributed by atoms with Gasteiger partial charge in [-0.3, -0.25) is 4.79 Å². The number of hydrogen-bond acceptors (Lipinski definition) is 6. The summed E-state index contributed by atoms with van der Waals surface area (Å²) < 4.78 is 5.78. The number of anilines is 1. The average molecular weight is 484 g/mol. The summed E-state index contributed by atoms with van der Waals surface area (Å²) in [6, 6.07) is 10.5. The summed E-state index contributed by atoms with van der Waals surface area (Å²) in [7, 11) is 0. The van der Waals surface area contributed by atoms with Gasteiger partial charge in [-0.05, 0) is 36.2 Å². The summed E-state index contributed by atoms with van der Waals surface area (Å²) in [5.74, 6) is 0.232. The molecule has 30 heavy (non-hydrogen) atoms. The lowest BCUT2D eigenvalue weighted by Crippen LogP contribution is -2.17. The van der Waals surface area contributed by atoms with Gasteiger partial charge in [-0.25, -0.2) is 10.4 Å². The number of halogens is 3. The van der Waals surface area contributed by atoms with Crippen molar-refractivity contribution in [2.24, 2.45) is 5.10 Å². The Kier molecular flexibility index (Phi) is 7.55. The first-order valence-corrected chi connectivity index (χ1v) is 10.8. The molecule has 10 heteroatoms. The van der Waals surface area contributed by atoms with Crippen molar-refractivity contribution >= 4 is 63.4 Å². The summed E-state index contributed by atoms with van der Waals surface area (Å²) in [4.78, 5) is 16.9. The molecule has 1 heterocycles. The van der Waals surface area contributed by atoms with Crippen LogP contribution in [0.3, 0.4) is 0 Å². The third-order valence-corrected chi connectivity index (χ3v) is 6.14. The molecule has 6 nitrogen and oxygen atoms in total. The molecule has 0 atom stereocenters. The highest BCUT2D eigenvalue weighted by atomic mass is 35.5. The zero-order valence-electron chi connectivity index (χ0n) is 15.8. The number of benzene rings is 2. The van der Waals surface area contributed by atoms with Crippen molar-refractivity contribution < 1.29 is 9.53 Å². The Hall–Kier alpha value is -2.32. The first-order chi connectivity index (χ1) is 14.4. The van der Waals surface area contributed by atoms with Crippen molar-refractivity contribution in [2.45, 2.75) is 20.0 Å². The molecule has 3 rings (SSSR count). The van der Waals surface area contributed by atoms with Crippen molar-refractivity contribution in [3.63, 3.8) is 0 Å². The molecule has 156 valence electrons. The minimum absolute atomic E-state index is 0.155. The highest BCUT2D eigenvalue weighted by Crippen LogP contribution is 2.32. The molecular weight excluding hydrogens is 467 g/mol. The number of nitrogens with two attached hydrogens (primary N) is 1. The van der Waals surface area contributed by atoms with E-state index < -0.39 is 0 Å². The second kappa shape index (κ2) is 10.1. The Balaban J connectivity index is 1.64. The molecule has 0 fully saturated rings. The van der Waals surface area contributed by atoms with Crippen LogP contribution in [0.2, 0.25) is 15.1 Å². The number of amides is 1. The number of hydrazone groups is 1. The first-order valence-electron chi connectivity index (χ1n) is 8.82. The van der Waals surface area contributed by atoms with Gasteiger partial charge in [0.05, 0.1) is 22.0 Å². The van der Waals surface area contributed by atoms with E-state index in [0.29, 0.717) is 48.5 Å². The summed E-state index contributed by atoms with van der Waals surface area (Å²) in [5.41, 5.74) is 10.2. The van der Waals surface area contributed by atoms with Gasteiger partial charge >= 0.3 is 0 Å². The maximum absolute atomic E-state index is 12.3. The first kappa shape index (κ1) is 22.4. The number of aromatic nitrogens is 1. The maximum atomic E-state index is 12.3. The van der Waals surface area contributed by atoms with Crippen molar-refractivity contribution in [1.82, 2.24) is 10.4 Å². The van der Waals surface area contributed by atoms with Gasteiger partial charge in [0.25, 0.3) is 5.91 Å². The van der Waals surface area contributed by atoms with E-state index in [1.807, 2.05) is 13.0 Å². The average Bonchev–Trinajstić information content (AvgIpc) is 3.12. The fraction of sp³-hybridized carbons (Fsp3) is 0.150. The molecule has 0 saturated carbocycles. The highest BCUT2D eigenvalue weighted by molar-refractivity contribution is 7.17. The topological polar surface area (TPSA) is 89.6 Å². The molecular formula is C20H17Cl3N4O2S. The number of aryl methyl sites for hydroxylation is 1. The van der Waals surface area contributed by atoms with Crippen LogP contribution < -0.4 is 15.9 Å². The summed E-state index contributed by atoms with van der Waals surface area (Å²) in [6.07, 6.45) is 2.13. The van der Waals surface area contributed by atoms with Crippen molar-refractivity contribution in [1.29, 1.82) is 0 Å². The third-order valence-electron chi connectivity index (χ3n) is 4.01. The monoisotopic (exact) mass is 482 g/mol. The SMILES string of the molecule is CCc1nc(N)sc1C(=O)NN=Cc1cccc(OCc2c(Cl)ccc(Cl)c2Cl)c1. The number of hydrogen-bond donors (Lipinski definition) is 2. The molecule has 1 amide bonds. The van der Waals surface area contributed by atoms with Crippen LogP contribution in [0, 0.1) is 0 Å². The fourth-order valence-electron chi connectivity index (χ4n) is 2.54. The van der Waals surface area contributed by atoms with E-state index in [-0.39, 0.29) is 12.5 Å². The van der Waals surface area contributed by atoms with E-state index in [9.17, 15) is 4.79 Å². The second-order valence-electron chi connectivity index (χ2n) is 6.06. The van der Waals surface area contributed by atoms with Crippen molar-refractivity contribution in [3.8, 4) is 5.75 Å². The molecule has 0 saturated heterocycles. The molecule has 0 bridgehead atoms. The van der Waals surface area contributed by atoms with Crippen LogP contribution in [-0.2, 0) is 13.0 Å². The molecule has 0 unspecified atom stereocenters. The van der Waals surface area contributed by atoms with E-state index >= 15 is 0 Å². The number of thiazole rings is 1. The summed E-state index contributed by atoms with van der Waals surface area (Å²) in [5, 5.41) is 5.59. The van der Waals surface area contributed by atoms with Gasteiger partial charge in [-0.1, -0.05) is 65.2 Å². The van der Waals surface area contributed by atoms with E-state index in [4.69, 9.17) is 45.3 Å². The van der Waals surface area contributed by atoms with Crippen LogP contribution >= 0.6 is 46.1 Å². The minimum Gasteiger partial charge on any atom is -0.489 e. The molecule has 3 N–H and O–H groups in total. The van der Waals surface area contributed by atoms with Crippen LogP contribution in [0.25, 0.3) is 0 Å². The Morgan fingerprint density at radius 1 is 1.27 bits per heavy atom. The zero-order valence-corrected chi connectivity index (χ0v) is 18.9. The smallest absolute Gasteiger partial charge is 0.283 e. The number of nitrogens with one attached hydrogen (secondary N) is 1. The van der Waals surface area contributed by atoms with Gasteiger partial charge in [0.15, 0.2) is 5.13 Å². The van der Waals surface area contributed by atoms with Crippen LogP contribution in [-0.4, -0.2) is 17.1 Å². The molecule has 0 aliphatic carbocycles.